The summed E-state index contributed by atoms with van der Waals surface area (Å²) in [7, 11) is 1.57. The van der Waals surface area contributed by atoms with E-state index in [0.29, 0.717) is 17.1 Å². The zero-order valence-corrected chi connectivity index (χ0v) is 10.8. The Morgan fingerprint density at radius 3 is 2.80 bits per heavy atom. The number of hydrogen-bond acceptors (Lipinski definition) is 4. The number of allylic oxidation sites excluding steroid dienone is 1. The molecular formula is C16H12O4. The molecule has 0 saturated carbocycles. The zero-order valence-electron chi connectivity index (χ0n) is 10.8. The molecular weight excluding hydrogens is 256 g/mol. The van der Waals surface area contributed by atoms with E-state index in [1.165, 1.54) is 12.1 Å². The van der Waals surface area contributed by atoms with Gasteiger partial charge >= 0.3 is 0 Å². The number of para-hydroxylation sites is 1. The largest absolute Gasteiger partial charge is 0.508 e. The lowest BCUT2D eigenvalue weighted by Crippen LogP contribution is -1.98. The smallest absolute Gasteiger partial charge is 0.232 e. The van der Waals surface area contributed by atoms with Crippen LogP contribution in [0, 0.1) is 0 Å². The van der Waals surface area contributed by atoms with Crippen LogP contribution in [0.5, 0.6) is 17.2 Å². The summed E-state index contributed by atoms with van der Waals surface area (Å²) in [6.45, 7) is 0. The fourth-order valence-electron chi connectivity index (χ4n) is 2.10. The van der Waals surface area contributed by atoms with E-state index in [1.807, 2.05) is 24.3 Å². The first-order valence-corrected chi connectivity index (χ1v) is 6.09. The molecule has 0 saturated heterocycles. The standard InChI is InChI=1S/C16H12O4/c1-19-13-5-3-2-4-10(13)8-15-16(18)12-9-11(17)6-7-14(12)20-15/h2-9,17H,1H3/b15-8-. The van der Waals surface area contributed by atoms with Crippen molar-refractivity contribution in [1.82, 2.24) is 0 Å². The van der Waals surface area contributed by atoms with Crippen molar-refractivity contribution in [3.05, 3.63) is 59.4 Å². The normalized spacial score (nSPS) is 15.1. The maximum atomic E-state index is 12.2. The molecule has 0 radical (unpaired) electrons. The topological polar surface area (TPSA) is 55.8 Å². The second-order valence-corrected chi connectivity index (χ2v) is 4.36. The van der Waals surface area contributed by atoms with E-state index in [2.05, 4.69) is 0 Å². The summed E-state index contributed by atoms with van der Waals surface area (Å²) in [5, 5.41) is 9.43. The first-order chi connectivity index (χ1) is 9.69. The number of fused-ring (bicyclic) bond motifs is 1. The van der Waals surface area contributed by atoms with Gasteiger partial charge in [0.15, 0.2) is 5.76 Å². The second kappa shape index (κ2) is 4.74. The SMILES string of the molecule is COc1ccccc1/C=C1\Oc2ccc(O)cc2C1=O. The molecule has 0 fully saturated rings. The molecule has 20 heavy (non-hydrogen) atoms. The molecule has 0 amide bonds. The summed E-state index contributed by atoms with van der Waals surface area (Å²) < 4.78 is 10.8. The van der Waals surface area contributed by atoms with E-state index >= 15 is 0 Å². The van der Waals surface area contributed by atoms with Crippen LogP contribution < -0.4 is 9.47 Å². The van der Waals surface area contributed by atoms with Gasteiger partial charge in [0.1, 0.15) is 17.2 Å². The molecule has 100 valence electrons. The van der Waals surface area contributed by atoms with E-state index in [-0.39, 0.29) is 17.3 Å². The van der Waals surface area contributed by atoms with E-state index in [1.54, 1.807) is 19.3 Å². The van der Waals surface area contributed by atoms with Crippen molar-refractivity contribution in [3.8, 4) is 17.2 Å². The number of rotatable bonds is 2. The number of carbonyl (C=O) groups excluding carboxylic acids is 1. The predicted molar refractivity (Wildman–Crippen MR) is 74.0 cm³/mol. The maximum Gasteiger partial charge on any atom is 0.232 e. The fourth-order valence-corrected chi connectivity index (χ4v) is 2.10. The number of ether oxygens (including phenoxy) is 2. The van der Waals surface area contributed by atoms with Crippen molar-refractivity contribution < 1.29 is 19.4 Å². The van der Waals surface area contributed by atoms with Gasteiger partial charge in [0.05, 0.1) is 12.7 Å². The zero-order chi connectivity index (χ0) is 14.1. The van der Waals surface area contributed by atoms with Crippen LogP contribution in [0.25, 0.3) is 6.08 Å². The number of hydrogen-bond donors (Lipinski definition) is 1. The Hall–Kier alpha value is -2.75. The summed E-state index contributed by atoms with van der Waals surface area (Å²) in [6, 6.07) is 11.8. The molecule has 0 atom stereocenters. The van der Waals surface area contributed by atoms with Crippen LogP contribution in [0.2, 0.25) is 0 Å². The maximum absolute atomic E-state index is 12.2. The summed E-state index contributed by atoms with van der Waals surface area (Å²) >= 11 is 0. The third kappa shape index (κ3) is 2.01. The van der Waals surface area contributed by atoms with Crippen LogP contribution in [-0.4, -0.2) is 18.0 Å². The molecule has 0 bridgehead atoms. The number of carbonyl (C=O) groups is 1. The Morgan fingerprint density at radius 2 is 2.00 bits per heavy atom. The number of methoxy groups -OCH3 is 1. The van der Waals surface area contributed by atoms with Gasteiger partial charge in [-0.05, 0) is 30.3 Å². The Morgan fingerprint density at radius 1 is 1.20 bits per heavy atom. The number of phenolic OH excluding ortho intramolecular Hbond substituents is 1. The van der Waals surface area contributed by atoms with Crippen molar-refractivity contribution in [2.45, 2.75) is 0 Å². The number of Topliss-reactive ketones (excluding diaryl/α,β-unsaturated/α-hetero) is 1. The van der Waals surface area contributed by atoms with Crippen molar-refractivity contribution >= 4 is 11.9 Å². The van der Waals surface area contributed by atoms with E-state index in [0.717, 1.165) is 5.56 Å². The van der Waals surface area contributed by atoms with Crippen molar-refractivity contribution in [3.63, 3.8) is 0 Å². The lowest BCUT2D eigenvalue weighted by atomic mass is 10.1. The highest BCUT2D eigenvalue weighted by atomic mass is 16.5. The second-order valence-electron chi connectivity index (χ2n) is 4.36. The molecule has 0 spiro atoms. The highest BCUT2D eigenvalue weighted by molar-refractivity contribution is 6.14. The molecule has 1 aliphatic heterocycles. The van der Waals surface area contributed by atoms with Gasteiger partial charge in [-0.15, -0.1) is 0 Å². The lowest BCUT2D eigenvalue weighted by Gasteiger charge is -2.04. The molecule has 3 rings (SSSR count). The molecule has 0 aliphatic carbocycles. The number of benzene rings is 2. The molecule has 0 unspecified atom stereocenters. The van der Waals surface area contributed by atoms with Gasteiger partial charge in [-0.25, -0.2) is 0 Å². The predicted octanol–water partition coefficient (Wildman–Crippen LogP) is 3.02. The van der Waals surface area contributed by atoms with Crippen LogP contribution in [0.1, 0.15) is 15.9 Å². The first kappa shape index (κ1) is 12.3. The van der Waals surface area contributed by atoms with Crippen molar-refractivity contribution in [2.24, 2.45) is 0 Å². The number of ketones is 1. The first-order valence-electron chi connectivity index (χ1n) is 6.09. The van der Waals surface area contributed by atoms with E-state index < -0.39 is 0 Å². The molecule has 4 nitrogen and oxygen atoms in total. The monoisotopic (exact) mass is 268 g/mol. The Balaban J connectivity index is 2.01. The van der Waals surface area contributed by atoms with Gasteiger partial charge < -0.3 is 14.6 Å². The molecule has 4 heteroatoms. The molecule has 1 heterocycles. The summed E-state index contributed by atoms with van der Waals surface area (Å²) in [5.41, 5.74) is 1.13. The van der Waals surface area contributed by atoms with Crippen LogP contribution in [0.3, 0.4) is 0 Å². The van der Waals surface area contributed by atoms with Gasteiger partial charge in [-0.1, -0.05) is 18.2 Å². The summed E-state index contributed by atoms with van der Waals surface area (Å²) in [5.74, 6) is 1.13. The average molecular weight is 268 g/mol. The highest BCUT2D eigenvalue weighted by Crippen LogP contribution is 2.34. The fraction of sp³-hybridized carbons (Fsp3) is 0.0625. The summed E-state index contributed by atoms with van der Waals surface area (Å²) in [4.78, 5) is 12.2. The molecule has 1 N–H and O–H groups in total. The van der Waals surface area contributed by atoms with Crippen molar-refractivity contribution in [2.75, 3.05) is 7.11 Å². The lowest BCUT2D eigenvalue weighted by molar-refractivity contribution is 0.101. The third-order valence-corrected chi connectivity index (χ3v) is 3.08. The molecule has 2 aromatic rings. The molecule has 1 aliphatic rings. The van der Waals surface area contributed by atoms with Gasteiger partial charge in [0.2, 0.25) is 5.78 Å². The van der Waals surface area contributed by atoms with E-state index in [4.69, 9.17) is 9.47 Å². The Bertz CT molecular complexity index is 716. The van der Waals surface area contributed by atoms with Crippen LogP contribution in [-0.2, 0) is 0 Å². The average Bonchev–Trinajstić information content (AvgIpc) is 2.76. The summed E-state index contributed by atoms with van der Waals surface area (Å²) in [6.07, 6.45) is 1.64. The third-order valence-electron chi connectivity index (χ3n) is 3.08. The number of aromatic hydroxyl groups is 1. The highest BCUT2D eigenvalue weighted by Gasteiger charge is 2.27. The Labute approximate surface area is 115 Å². The van der Waals surface area contributed by atoms with Crippen LogP contribution in [0.4, 0.5) is 0 Å². The van der Waals surface area contributed by atoms with Crippen molar-refractivity contribution in [1.29, 1.82) is 0 Å². The minimum absolute atomic E-state index is 0.0410. The Kier molecular flexibility index (Phi) is 2.91. The molecule has 2 aromatic carbocycles. The minimum Gasteiger partial charge on any atom is -0.508 e. The van der Waals surface area contributed by atoms with Gasteiger partial charge in [0, 0.05) is 5.56 Å². The van der Waals surface area contributed by atoms with Gasteiger partial charge in [-0.2, -0.15) is 0 Å². The quantitative estimate of drug-likeness (QED) is 0.851. The van der Waals surface area contributed by atoms with Crippen LogP contribution in [0.15, 0.2) is 48.2 Å². The van der Waals surface area contributed by atoms with Gasteiger partial charge in [0.25, 0.3) is 0 Å². The van der Waals surface area contributed by atoms with Crippen LogP contribution >= 0.6 is 0 Å². The minimum atomic E-state index is -0.248. The number of phenols is 1. The van der Waals surface area contributed by atoms with Gasteiger partial charge in [-0.3, -0.25) is 4.79 Å². The molecule has 0 aromatic heterocycles. The van der Waals surface area contributed by atoms with E-state index in [9.17, 15) is 9.90 Å².